The molecule has 2 heterocycles. The van der Waals surface area contributed by atoms with E-state index < -0.39 is 0 Å². The first-order valence-corrected chi connectivity index (χ1v) is 9.49. The molecular weight excluding hydrogens is 368 g/mol. The number of methoxy groups -OCH3 is 1. The van der Waals surface area contributed by atoms with E-state index in [9.17, 15) is 9.59 Å². The summed E-state index contributed by atoms with van der Waals surface area (Å²) < 4.78 is 5.19. The molecule has 2 amide bonds. The third-order valence-electron chi connectivity index (χ3n) is 5.12. The number of rotatable bonds is 4. The fraction of sp³-hybridized carbons (Fsp3) is 0.227. The van der Waals surface area contributed by atoms with Gasteiger partial charge in [-0.15, -0.1) is 0 Å². The van der Waals surface area contributed by atoms with E-state index in [4.69, 9.17) is 4.74 Å². The predicted molar refractivity (Wildman–Crippen MR) is 109 cm³/mol. The van der Waals surface area contributed by atoms with Gasteiger partial charge in [0.1, 0.15) is 5.75 Å². The minimum Gasteiger partial charge on any atom is -0.497 e. The van der Waals surface area contributed by atoms with Gasteiger partial charge in [-0.1, -0.05) is 18.2 Å². The van der Waals surface area contributed by atoms with Crippen LogP contribution >= 0.6 is 0 Å². The van der Waals surface area contributed by atoms with Crippen molar-refractivity contribution in [3.05, 3.63) is 71.9 Å². The molecule has 1 saturated heterocycles. The van der Waals surface area contributed by atoms with Gasteiger partial charge in [-0.2, -0.15) is 5.10 Å². The lowest BCUT2D eigenvalue weighted by Crippen LogP contribution is -2.50. The Morgan fingerprint density at radius 2 is 1.52 bits per heavy atom. The molecule has 1 N–H and O–H groups in total. The molecule has 3 aromatic rings. The molecule has 0 bridgehead atoms. The molecule has 0 spiro atoms. The van der Waals surface area contributed by atoms with Crippen molar-refractivity contribution in [3.8, 4) is 17.0 Å². The van der Waals surface area contributed by atoms with Gasteiger partial charge in [0.05, 0.1) is 24.6 Å². The number of carbonyl (C=O) groups is 2. The zero-order valence-electron chi connectivity index (χ0n) is 16.2. The van der Waals surface area contributed by atoms with E-state index in [1.54, 1.807) is 23.1 Å². The van der Waals surface area contributed by atoms with Crippen molar-refractivity contribution in [2.75, 3.05) is 33.3 Å². The first-order valence-electron chi connectivity index (χ1n) is 9.49. The molecule has 0 aliphatic carbocycles. The van der Waals surface area contributed by atoms with Gasteiger partial charge < -0.3 is 14.5 Å². The number of aromatic nitrogens is 2. The summed E-state index contributed by atoms with van der Waals surface area (Å²) in [4.78, 5) is 29.2. The fourth-order valence-electron chi connectivity index (χ4n) is 3.47. The number of aromatic amines is 1. The number of amides is 2. The van der Waals surface area contributed by atoms with Crippen LogP contribution in [-0.2, 0) is 0 Å². The highest BCUT2D eigenvalue weighted by atomic mass is 16.5. The van der Waals surface area contributed by atoms with Crippen LogP contribution in [0.3, 0.4) is 0 Å². The Labute approximate surface area is 168 Å². The zero-order chi connectivity index (χ0) is 20.2. The number of ether oxygens (including phenoxy) is 1. The molecule has 1 aliphatic rings. The van der Waals surface area contributed by atoms with Crippen LogP contribution in [-0.4, -0.2) is 65.1 Å². The Balaban J connectivity index is 1.44. The third kappa shape index (κ3) is 3.85. The Kier molecular flexibility index (Phi) is 5.29. The lowest BCUT2D eigenvalue weighted by Gasteiger charge is -2.34. The summed E-state index contributed by atoms with van der Waals surface area (Å²) >= 11 is 0. The highest BCUT2D eigenvalue weighted by Gasteiger charge is 2.27. The molecule has 1 aliphatic heterocycles. The first kappa shape index (κ1) is 18.7. The Hall–Kier alpha value is -3.61. The van der Waals surface area contributed by atoms with E-state index in [0.29, 0.717) is 43.0 Å². The summed E-state index contributed by atoms with van der Waals surface area (Å²) in [6, 6.07) is 16.7. The van der Waals surface area contributed by atoms with Gasteiger partial charge >= 0.3 is 0 Å². The SMILES string of the molecule is COc1ccc(-c2[nH]ncc2C(=O)N2CCN(C(=O)c3ccccc3)CC2)cc1. The topological polar surface area (TPSA) is 78.5 Å². The van der Waals surface area contributed by atoms with E-state index in [-0.39, 0.29) is 11.8 Å². The molecule has 0 unspecified atom stereocenters. The van der Waals surface area contributed by atoms with E-state index in [0.717, 1.165) is 11.3 Å². The van der Waals surface area contributed by atoms with Crippen LogP contribution in [0, 0.1) is 0 Å². The number of benzene rings is 2. The molecule has 0 atom stereocenters. The number of hydrogen-bond acceptors (Lipinski definition) is 4. The molecule has 4 rings (SSSR count). The molecule has 29 heavy (non-hydrogen) atoms. The second-order valence-electron chi connectivity index (χ2n) is 6.84. The monoisotopic (exact) mass is 390 g/mol. The summed E-state index contributed by atoms with van der Waals surface area (Å²) in [6.45, 7) is 2.00. The van der Waals surface area contributed by atoms with Crippen LogP contribution in [0.25, 0.3) is 11.3 Å². The maximum absolute atomic E-state index is 13.1. The van der Waals surface area contributed by atoms with Gasteiger partial charge in [-0.05, 0) is 36.4 Å². The third-order valence-corrected chi connectivity index (χ3v) is 5.12. The van der Waals surface area contributed by atoms with Crippen molar-refractivity contribution in [1.29, 1.82) is 0 Å². The van der Waals surface area contributed by atoms with Gasteiger partial charge in [-0.25, -0.2) is 0 Å². The number of nitrogens with zero attached hydrogens (tertiary/aromatic N) is 3. The van der Waals surface area contributed by atoms with Crippen molar-refractivity contribution in [3.63, 3.8) is 0 Å². The lowest BCUT2D eigenvalue weighted by molar-refractivity contribution is 0.0536. The van der Waals surface area contributed by atoms with E-state index in [1.165, 1.54) is 0 Å². The standard InChI is InChI=1S/C22H22N4O3/c1-29-18-9-7-16(8-10-18)20-19(15-23-24-20)22(28)26-13-11-25(12-14-26)21(27)17-5-3-2-4-6-17/h2-10,15H,11-14H2,1H3,(H,23,24). The smallest absolute Gasteiger partial charge is 0.257 e. The summed E-state index contributed by atoms with van der Waals surface area (Å²) in [6.07, 6.45) is 1.56. The van der Waals surface area contributed by atoms with Gasteiger partial charge in [0.2, 0.25) is 0 Å². The molecular formula is C22H22N4O3. The number of nitrogens with one attached hydrogen (secondary N) is 1. The van der Waals surface area contributed by atoms with Gasteiger partial charge in [-0.3, -0.25) is 14.7 Å². The second kappa shape index (κ2) is 8.18. The van der Waals surface area contributed by atoms with Crippen LogP contribution < -0.4 is 4.74 Å². The highest BCUT2D eigenvalue weighted by Crippen LogP contribution is 2.25. The van der Waals surface area contributed by atoms with Crippen molar-refractivity contribution in [2.24, 2.45) is 0 Å². The molecule has 7 nitrogen and oxygen atoms in total. The molecule has 7 heteroatoms. The fourth-order valence-corrected chi connectivity index (χ4v) is 3.47. The van der Waals surface area contributed by atoms with Crippen molar-refractivity contribution in [1.82, 2.24) is 20.0 Å². The molecule has 2 aromatic carbocycles. The molecule has 0 saturated carbocycles. The first-order chi connectivity index (χ1) is 14.2. The average Bonchev–Trinajstić information content (AvgIpc) is 3.29. The normalized spacial score (nSPS) is 14.0. The van der Waals surface area contributed by atoms with Crippen LogP contribution in [0.15, 0.2) is 60.8 Å². The Morgan fingerprint density at radius 3 is 2.14 bits per heavy atom. The summed E-state index contributed by atoms with van der Waals surface area (Å²) in [5.41, 5.74) is 2.74. The number of carbonyl (C=O) groups excluding carboxylic acids is 2. The maximum Gasteiger partial charge on any atom is 0.257 e. The lowest BCUT2D eigenvalue weighted by atomic mass is 10.1. The van der Waals surface area contributed by atoms with Crippen LogP contribution in [0.2, 0.25) is 0 Å². The molecule has 1 fully saturated rings. The zero-order valence-corrected chi connectivity index (χ0v) is 16.2. The molecule has 148 valence electrons. The minimum absolute atomic E-state index is 0.0000630. The van der Waals surface area contributed by atoms with Gasteiger partial charge in [0, 0.05) is 37.3 Å². The van der Waals surface area contributed by atoms with E-state index in [1.807, 2.05) is 54.6 Å². The van der Waals surface area contributed by atoms with Crippen LogP contribution in [0.5, 0.6) is 5.75 Å². The largest absolute Gasteiger partial charge is 0.497 e. The number of piperazine rings is 1. The van der Waals surface area contributed by atoms with Crippen LogP contribution in [0.1, 0.15) is 20.7 Å². The summed E-state index contributed by atoms with van der Waals surface area (Å²) in [7, 11) is 1.61. The molecule has 0 radical (unpaired) electrons. The minimum atomic E-state index is -0.0867. The number of H-pyrrole nitrogens is 1. The Morgan fingerprint density at radius 1 is 0.897 bits per heavy atom. The Bertz CT molecular complexity index is 990. The van der Waals surface area contributed by atoms with Gasteiger partial charge in [0.15, 0.2) is 0 Å². The average molecular weight is 390 g/mol. The quantitative estimate of drug-likeness (QED) is 0.743. The van der Waals surface area contributed by atoms with Crippen molar-refractivity contribution >= 4 is 11.8 Å². The molecule has 1 aromatic heterocycles. The summed E-state index contributed by atoms with van der Waals surface area (Å²) in [5.74, 6) is 0.664. The number of hydrogen-bond donors (Lipinski definition) is 1. The predicted octanol–water partition coefficient (Wildman–Crippen LogP) is 2.68. The second-order valence-corrected chi connectivity index (χ2v) is 6.84. The van der Waals surface area contributed by atoms with Crippen molar-refractivity contribution < 1.29 is 14.3 Å². The highest BCUT2D eigenvalue weighted by molar-refractivity contribution is 6.00. The van der Waals surface area contributed by atoms with E-state index >= 15 is 0 Å². The van der Waals surface area contributed by atoms with E-state index in [2.05, 4.69) is 10.2 Å². The van der Waals surface area contributed by atoms with Crippen LogP contribution in [0.4, 0.5) is 0 Å². The maximum atomic E-state index is 13.1. The van der Waals surface area contributed by atoms with Gasteiger partial charge in [0.25, 0.3) is 11.8 Å². The summed E-state index contributed by atoms with van der Waals surface area (Å²) in [5, 5.41) is 7.00. The van der Waals surface area contributed by atoms with Crippen molar-refractivity contribution in [2.45, 2.75) is 0 Å².